The van der Waals surface area contributed by atoms with Gasteiger partial charge in [-0.05, 0) is 38.5 Å². The number of esters is 2. The van der Waals surface area contributed by atoms with Crippen molar-refractivity contribution in [2.75, 3.05) is 13.2 Å². The molecule has 0 aliphatic carbocycles. The Morgan fingerprint density at radius 3 is 0.611 bits per heavy atom. The maximum atomic E-state index is 12.0. The molecule has 4 heteroatoms. The van der Waals surface area contributed by atoms with Gasteiger partial charge in [-0.2, -0.15) is 0 Å². The van der Waals surface area contributed by atoms with E-state index < -0.39 is 0 Å². The minimum atomic E-state index is -0.0364. The SMILES string of the molecule is CCCCCCCCCCCCCCCCCCCCCC(=O)OCCCCCCOC(=O)CCCCCCCCCCCCCCCCCCCCC. The minimum Gasteiger partial charge on any atom is -0.466 e. The molecule has 0 saturated carbocycles. The molecular formula is C50H98O4. The third kappa shape index (κ3) is 47.1. The summed E-state index contributed by atoms with van der Waals surface area (Å²) >= 11 is 0. The van der Waals surface area contributed by atoms with E-state index in [4.69, 9.17) is 9.47 Å². The van der Waals surface area contributed by atoms with Gasteiger partial charge >= 0.3 is 11.9 Å². The highest BCUT2D eigenvalue weighted by Crippen LogP contribution is 2.17. The lowest BCUT2D eigenvalue weighted by Crippen LogP contribution is -2.07. The van der Waals surface area contributed by atoms with Crippen molar-refractivity contribution in [3.63, 3.8) is 0 Å². The lowest BCUT2D eigenvalue weighted by Gasteiger charge is -2.07. The quantitative estimate of drug-likeness (QED) is 0.0458. The summed E-state index contributed by atoms with van der Waals surface area (Å²) < 4.78 is 10.9. The van der Waals surface area contributed by atoms with Gasteiger partial charge in [-0.25, -0.2) is 0 Å². The highest BCUT2D eigenvalue weighted by molar-refractivity contribution is 5.69. The van der Waals surface area contributed by atoms with Crippen molar-refractivity contribution in [2.24, 2.45) is 0 Å². The number of ether oxygens (including phenoxy) is 2. The zero-order chi connectivity index (χ0) is 39.1. The summed E-state index contributed by atoms with van der Waals surface area (Å²) in [5.41, 5.74) is 0. The van der Waals surface area contributed by atoms with Gasteiger partial charge in [-0.1, -0.05) is 245 Å². The van der Waals surface area contributed by atoms with Crippen LogP contribution in [0.25, 0.3) is 0 Å². The molecule has 0 N–H and O–H groups in total. The first-order valence-corrected chi connectivity index (χ1v) is 25.0. The largest absolute Gasteiger partial charge is 0.466 e. The molecule has 0 bridgehead atoms. The summed E-state index contributed by atoms with van der Waals surface area (Å²) in [4.78, 5) is 24.1. The topological polar surface area (TPSA) is 52.6 Å². The second-order valence-corrected chi connectivity index (χ2v) is 17.1. The molecule has 0 aromatic carbocycles. The van der Waals surface area contributed by atoms with E-state index in [-0.39, 0.29) is 11.9 Å². The normalized spacial score (nSPS) is 11.4. The van der Waals surface area contributed by atoms with Gasteiger partial charge in [-0.15, -0.1) is 0 Å². The molecule has 4 nitrogen and oxygen atoms in total. The summed E-state index contributed by atoms with van der Waals surface area (Å²) in [6.45, 7) is 5.63. The molecule has 0 unspecified atom stereocenters. The van der Waals surface area contributed by atoms with Crippen LogP contribution in [-0.4, -0.2) is 25.2 Å². The van der Waals surface area contributed by atoms with Gasteiger partial charge in [0.15, 0.2) is 0 Å². The summed E-state index contributed by atoms with van der Waals surface area (Å²) in [5.74, 6) is -0.0727. The van der Waals surface area contributed by atoms with Gasteiger partial charge in [0.1, 0.15) is 0 Å². The van der Waals surface area contributed by atoms with E-state index in [1.165, 1.54) is 218 Å². The molecule has 0 aromatic heterocycles. The Bertz CT molecular complexity index is 661. The Hall–Kier alpha value is -1.06. The Balaban J connectivity index is 3.23. The number of hydrogen-bond acceptors (Lipinski definition) is 4. The lowest BCUT2D eigenvalue weighted by molar-refractivity contribution is -0.145. The summed E-state index contributed by atoms with van der Waals surface area (Å²) in [7, 11) is 0. The standard InChI is InChI=1S/C50H98O4/c1-3-5-7-9-11-13-15-17-19-21-23-25-27-29-31-33-35-37-41-45-49(51)53-47-43-39-40-44-48-54-50(52)46-42-38-36-34-32-30-28-26-24-22-20-18-16-14-12-10-8-6-4-2/h3-48H2,1-2H3. The first-order valence-electron chi connectivity index (χ1n) is 25.0. The average molecular weight is 763 g/mol. The maximum Gasteiger partial charge on any atom is 0.305 e. The van der Waals surface area contributed by atoms with Crippen LogP contribution in [0.2, 0.25) is 0 Å². The first kappa shape index (κ1) is 52.9. The third-order valence-electron chi connectivity index (χ3n) is 11.5. The van der Waals surface area contributed by atoms with Crippen LogP contribution in [0.3, 0.4) is 0 Å². The fraction of sp³-hybridized carbons (Fsp3) is 0.960. The molecular weight excluding hydrogens is 665 g/mol. The molecule has 0 aromatic rings. The molecule has 0 aliphatic rings. The number of carbonyl (C=O) groups is 2. The van der Waals surface area contributed by atoms with Gasteiger partial charge < -0.3 is 9.47 Å². The monoisotopic (exact) mass is 763 g/mol. The van der Waals surface area contributed by atoms with Crippen molar-refractivity contribution in [3.05, 3.63) is 0 Å². The number of rotatable bonds is 47. The summed E-state index contributed by atoms with van der Waals surface area (Å²) in [6.07, 6.45) is 56.9. The van der Waals surface area contributed by atoms with E-state index >= 15 is 0 Å². The van der Waals surface area contributed by atoms with Crippen LogP contribution in [0.15, 0.2) is 0 Å². The van der Waals surface area contributed by atoms with Crippen molar-refractivity contribution >= 4 is 11.9 Å². The van der Waals surface area contributed by atoms with E-state index in [9.17, 15) is 9.59 Å². The van der Waals surface area contributed by atoms with Crippen molar-refractivity contribution < 1.29 is 19.1 Å². The van der Waals surface area contributed by atoms with E-state index in [1.54, 1.807) is 0 Å². The zero-order valence-corrected chi connectivity index (χ0v) is 37.2. The second kappa shape index (κ2) is 48.1. The lowest BCUT2D eigenvalue weighted by atomic mass is 10.0. The fourth-order valence-corrected chi connectivity index (χ4v) is 7.77. The average Bonchev–Trinajstić information content (AvgIpc) is 3.17. The Morgan fingerprint density at radius 2 is 0.407 bits per heavy atom. The van der Waals surface area contributed by atoms with Crippen LogP contribution >= 0.6 is 0 Å². The van der Waals surface area contributed by atoms with Gasteiger partial charge in [0.25, 0.3) is 0 Å². The van der Waals surface area contributed by atoms with Crippen molar-refractivity contribution in [1.82, 2.24) is 0 Å². The van der Waals surface area contributed by atoms with Gasteiger partial charge in [0, 0.05) is 12.8 Å². The predicted octanol–water partition coefficient (Wildman–Crippen LogP) is 17.3. The number of hydrogen-bond donors (Lipinski definition) is 0. The minimum absolute atomic E-state index is 0.0364. The Labute approximate surface area is 339 Å². The smallest absolute Gasteiger partial charge is 0.305 e. The highest BCUT2D eigenvalue weighted by Gasteiger charge is 2.05. The van der Waals surface area contributed by atoms with Crippen LogP contribution in [0.4, 0.5) is 0 Å². The Morgan fingerprint density at radius 1 is 0.241 bits per heavy atom. The van der Waals surface area contributed by atoms with Crippen LogP contribution < -0.4 is 0 Å². The van der Waals surface area contributed by atoms with Crippen LogP contribution in [0, 0.1) is 0 Å². The molecule has 0 fully saturated rings. The van der Waals surface area contributed by atoms with Gasteiger partial charge in [0.2, 0.25) is 0 Å². The third-order valence-corrected chi connectivity index (χ3v) is 11.5. The van der Waals surface area contributed by atoms with Gasteiger partial charge in [0.05, 0.1) is 13.2 Å². The van der Waals surface area contributed by atoms with E-state index in [0.29, 0.717) is 26.1 Å². The van der Waals surface area contributed by atoms with Crippen LogP contribution in [0.5, 0.6) is 0 Å². The molecule has 0 heterocycles. The molecule has 0 spiro atoms. The maximum absolute atomic E-state index is 12.0. The molecule has 0 radical (unpaired) electrons. The predicted molar refractivity (Wildman–Crippen MR) is 236 cm³/mol. The van der Waals surface area contributed by atoms with Crippen molar-refractivity contribution in [2.45, 2.75) is 296 Å². The molecule has 0 aliphatic heterocycles. The first-order chi connectivity index (χ1) is 26.7. The van der Waals surface area contributed by atoms with E-state index in [1.807, 2.05) is 0 Å². The molecule has 0 saturated heterocycles. The fourth-order valence-electron chi connectivity index (χ4n) is 7.77. The summed E-state index contributed by atoms with van der Waals surface area (Å²) in [6, 6.07) is 0. The van der Waals surface area contributed by atoms with E-state index in [0.717, 1.165) is 51.4 Å². The Kier molecular flexibility index (Phi) is 47.1. The molecule has 0 amide bonds. The van der Waals surface area contributed by atoms with Crippen LogP contribution in [-0.2, 0) is 19.1 Å². The van der Waals surface area contributed by atoms with Crippen molar-refractivity contribution in [3.8, 4) is 0 Å². The molecule has 0 atom stereocenters. The molecule has 54 heavy (non-hydrogen) atoms. The van der Waals surface area contributed by atoms with Gasteiger partial charge in [-0.3, -0.25) is 9.59 Å². The second-order valence-electron chi connectivity index (χ2n) is 17.1. The van der Waals surface area contributed by atoms with Crippen LogP contribution in [0.1, 0.15) is 296 Å². The number of carbonyl (C=O) groups excluding carboxylic acids is 2. The number of unbranched alkanes of at least 4 members (excludes halogenated alkanes) is 39. The molecule has 0 rings (SSSR count). The van der Waals surface area contributed by atoms with Crippen molar-refractivity contribution in [1.29, 1.82) is 0 Å². The zero-order valence-electron chi connectivity index (χ0n) is 37.2. The van der Waals surface area contributed by atoms with E-state index in [2.05, 4.69) is 13.8 Å². The summed E-state index contributed by atoms with van der Waals surface area (Å²) in [5, 5.41) is 0. The molecule has 322 valence electrons. The highest BCUT2D eigenvalue weighted by atomic mass is 16.5.